The zero-order valence-electron chi connectivity index (χ0n) is 10.4. The van der Waals surface area contributed by atoms with Crippen LogP contribution in [0.3, 0.4) is 0 Å². The van der Waals surface area contributed by atoms with Gasteiger partial charge in [-0.1, -0.05) is 0 Å². The number of hydrogen-bond acceptors (Lipinski definition) is 3. The lowest BCUT2D eigenvalue weighted by molar-refractivity contribution is 0.103. The number of halogens is 1. The Balaban J connectivity index is 2.48. The topological polar surface area (TPSA) is 26.3 Å². The molecule has 0 bridgehead atoms. The Labute approximate surface area is 124 Å². The number of benzene rings is 1. The van der Waals surface area contributed by atoms with Crippen molar-refractivity contribution in [2.24, 2.45) is 0 Å². The molecule has 0 atom stereocenters. The smallest absolute Gasteiger partial charge is 0.206 e. The number of aryl methyl sites for hydroxylation is 2. The van der Waals surface area contributed by atoms with Crippen LogP contribution in [-0.4, -0.2) is 12.9 Å². The molecule has 0 aliphatic heterocycles. The van der Waals surface area contributed by atoms with Gasteiger partial charge in [0.2, 0.25) is 5.78 Å². The number of ketones is 1. The SMILES string of the molecule is COc1ccc(I)cc1C(=O)c1cc(C)c(C)s1. The van der Waals surface area contributed by atoms with E-state index in [0.717, 1.165) is 14.0 Å². The predicted octanol–water partition coefficient (Wildman–Crippen LogP) is 4.21. The first-order valence-corrected chi connectivity index (χ1v) is 7.37. The van der Waals surface area contributed by atoms with Crippen molar-refractivity contribution in [1.82, 2.24) is 0 Å². The van der Waals surface area contributed by atoms with Gasteiger partial charge in [-0.15, -0.1) is 11.3 Å². The fourth-order valence-electron chi connectivity index (χ4n) is 1.68. The Bertz CT molecular complexity index is 582. The van der Waals surface area contributed by atoms with Gasteiger partial charge >= 0.3 is 0 Å². The highest BCUT2D eigenvalue weighted by molar-refractivity contribution is 14.1. The molecule has 0 spiro atoms. The summed E-state index contributed by atoms with van der Waals surface area (Å²) in [7, 11) is 1.59. The second kappa shape index (κ2) is 5.40. The van der Waals surface area contributed by atoms with Crippen LogP contribution in [0.25, 0.3) is 0 Å². The van der Waals surface area contributed by atoms with E-state index in [1.807, 2.05) is 38.1 Å². The van der Waals surface area contributed by atoms with Crippen molar-refractivity contribution >= 4 is 39.7 Å². The van der Waals surface area contributed by atoms with Crippen molar-refractivity contribution in [1.29, 1.82) is 0 Å². The van der Waals surface area contributed by atoms with E-state index >= 15 is 0 Å². The number of hydrogen-bond donors (Lipinski definition) is 0. The molecule has 2 rings (SSSR count). The van der Waals surface area contributed by atoms with Gasteiger partial charge in [-0.05, 0) is 66.3 Å². The van der Waals surface area contributed by atoms with Crippen LogP contribution in [0.15, 0.2) is 24.3 Å². The molecular weight excluding hydrogens is 359 g/mol. The normalized spacial score (nSPS) is 10.4. The molecule has 18 heavy (non-hydrogen) atoms. The van der Waals surface area contributed by atoms with E-state index in [0.29, 0.717) is 11.3 Å². The summed E-state index contributed by atoms with van der Waals surface area (Å²) in [5.41, 5.74) is 1.79. The van der Waals surface area contributed by atoms with Gasteiger partial charge in [0.25, 0.3) is 0 Å². The average Bonchev–Trinajstić information content (AvgIpc) is 2.68. The fraction of sp³-hybridized carbons (Fsp3) is 0.214. The second-order valence-electron chi connectivity index (χ2n) is 4.02. The zero-order chi connectivity index (χ0) is 13.3. The highest BCUT2D eigenvalue weighted by atomic mass is 127. The summed E-state index contributed by atoms with van der Waals surface area (Å²) in [4.78, 5) is 14.4. The quantitative estimate of drug-likeness (QED) is 0.596. The van der Waals surface area contributed by atoms with E-state index in [4.69, 9.17) is 4.74 Å². The summed E-state index contributed by atoms with van der Waals surface area (Å²) < 4.78 is 6.29. The lowest BCUT2D eigenvalue weighted by Gasteiger charge is -2.06. The molecule has 2 nitrogen and oxygen atoms in total. The van der Waals surface area contributed by atoms with Crippen LogP contribution < -0.4 is 4.74 Å². The van der Waals surface area contributed by atoms with Crippen molar-refractivity contribution in [2.75, 3.05) is 7.11 Å². The number of ether oxygens (including phenoxy) is 1. The minimum atomic E-state index is 0.0339. The predicted molar refractivity (Wildman–Crippen MR) is 82.9 cm³/mol. The first kappa shape index (κ1) is 13.5. The van der Waals surface area contributed by atoms with Crippen molar-refractivity contribution in [3.63, 3.8) is 0 Å². The largest absolute Gasteiger partial charge is 0.496 e. The molecule has 1 heterocycles. The molecule has 2 aromatic rings. The minimum absolute atomic E-state index is 0.0339. The maximum absolute atomic E-state index is 12.5. The fourth-order valence-corrected chi connectivity index (χ4v) is 3.15. The standard InChI is InChI=1S/C14H13IO2S/c1-8-6-13(18-9(8)2)14(16)11-7-10(15)4-5-12(11)17-3/h4-7H,1-3H3. The van der Waals surface area contributed by atoms with Gasteiger partial charge in [0.1, 0.15) is 5.75 Å². The van der Waals surface area contributed by atoms with Gasteiger partial charge in [0, 0.05) is 8.45 Å². The van der Waals surface area contributed by atoms with Crippen molar-refractivity contribution in [2.45, 2.75) is 13.8 Å². The van der Waals surface area contributed by atoms with Gasteiger partial charge in [0.15, 0.2) is 0 Å². The van der Waals surface area contributed by atoms with Gasteiger partial charge in [-0.2, -0.15) is 0 Å². The Morgan fingerprint density at radius 3 is 2.56 bits per heavy atom. The molecule has 0 saturated carbocycles. The first-order valence-electron chi connectivity index (χ1n) is 5.48. The van der Waals surface area contributed by atoms with Crippen molar-refractivity contribution < 1.29 is 9.53 Å². The number of carbonyl (C=O) groups is 1. The number of thiophene rings is 1. The third-order valence-corrected chi connectivity index (χ3v) is 4.62. The highest BCUT2D eigenvalue weighted by Crippen LogP contribution is 2.28. The van der Waals surface area contributed by atoms with E-state index in [1.54, 1.807) is 7.11 Å². The Morgan fingerprint density at radius 2 is 2.00 bits per heavy atom. The van der Waals surface area contributed by atoms with Crippen molar-refractivity contribution in [3.8, 4) is 5.75 Å². The minimum Gasteiger partial charge on any atom is -0.496 e. The molecule has 1 aromatic heterocycles. The summed E-state index contributed by atoms with van der Waals surface area (Å²) in [5.74, 6) is 0.663. The molecule has 1 aromatic carbocycles. The third-order valence-electron chi connectivity index (χ3n) is 2.80. The van der Waals surface area contributed by atoms with Crippen LogP contribution in [0, 0.1) is 17.4 Å². The van der Waals surface area contributed by atoms with E-state index in [9.17, 15) is 4.79 Å². The molecule has 0 aliphatic rings. The molecule has 0 radical (unpaired) electrons. The van der Waals surface area contributed by atoms with Crippen LogP contribution in [0.1, 0.15) is 25.7 Å². The summed E-state index contributed by atoms with van der Waals surface area (Å²) in [5, 5.41) is 0. The maximum atomic E-state index is 12.5. The van der Waals surface area contributed by atoms with Crippen LogP contribution in [0.4, 0.5) is 0 Å². The molecule has 94 valence electrons. The van der Waals surface area contributed by atoms with E-state index in [1.165, 1.54) is 16.2 Å². The van der Waals surface area contributed by atoms with E-state index in [-0.39, 0.29) is 5.78 Å². The monoisotopic (exact) mass is 372 g/mol. The number of rotatable bonds is 3. The zero-order valence-corrected chi connectivity index (χ0v) is 13.4. The van der Waals surface area contributed by atoms with Crippen molar-refractivity contribution in [3.05, 3.63) is 48.7 Å². The molecule has 4 heteroatoms. The molecule has 0 unspecified atom stereocenters. The Hall–Kier alpha value is -0.880. The third kappa shape index (κ3) is 2.59. The molecule has 0 aliphatic carbocycles. The molecule has 0 N–H and O–H groups in total. The molecular formula is C14H13IO2S. The van der Waals surface area contributed by atoms with Crippen LogP contribution in [0.5, 0.6) is 5.75 Å². The Kier molecular flexibility index (Phi) is 4.07. The highest BCUT2D eigenvalue weighted by Gasteiger charge is 2.17. The summed E-state index contributed by atoms with van der Waals surface area (Å²) >= 11 is 3.73. The molecule has 0 fully saturated rings. The van der Waals surface area contributed by atoms with Gasteiger partial charge < -0.3 is 4.74 Å². The maximum Gasteiger partial charge on any atom is 0.206 e. The van der Waals surface area contributed by atoms with Crippen LogP contribution >= 0.6 is 33.9 Å². The van der Waals surface area contributed by atoms with Gasteiger partial charge in [-0.3, -0.25) is 4.79 Å². The summed E-state index contributed by atoms with van der Waals surface area (Å²) in [6.45, 7) is 4.05. The molecule has 0 amide bonds. The van der Waals surface area contributed by atoms with E-state index in [2.05, 4.69) is 22.6 Å². The summed E-state index contributed by atoms with van der Waals surface area (Å²) in [6.07, 6.45) is 0. The van der Waals surface area contributed by atoms with Crippen LogP contribution in [0.2, 0.25) is 0 Å². The number of carbonyl (C=O) groups excluding carboxylic acids is 1. The lowest BCUT2D eigenvalue weighted by atomic mass is 10.1. The lowest BCUT2D eigenvalue weighted by Crippen LogP contribution is -2.02. The van der Waals surface area contributed by atoms with E-state index < -0.39 is 0 Å². The average molecular weight is 372 g/mol. The van der Waals surface area contributed by atoms with Crippen LogP contribution in [-0.2, 0) is 0 Å². The van der Waals surface area contributed by atoms with Gasteiger partial charge in [-0.25, -0.2) is 0 Å². The Morgan fingerprint density at radius 1 is 1.28 bits per heavy atom. The molecule has 0 saturated heterocycles. The second-order valence-corrected chi connectivity index (χ2v) is 6.53. The number of methoxy groups -OCH3 is 1. The van der Waals surface area contributed by atoms with Gasteiger partial charge in [0.05, 0.1) is 17.6 Å². The summed E-state index contributed by atoms with van der Waals surface area (Å²) in [6, 6.07) is 7.58. The first-order chi connectivity index (χ1) is 8.52.